The number of nitrogens with zero attached hydrogens (tertiary/aromatic N) is 2. The first-order valence-electron chi connectivity index (χ1n) is 7.38. The summed E-state index contributed by atoms with van der Waals surface area (Å²) in [6.07, 6.45) is 5.75. The highest BCUT2D eigenvalue weighted by Gasteiger charge is 2.31. The van der Waals surface area contributed by atoms with Crippen LogP contribution in [-0.2, 0) is 0 Å². The van der Waals surface area contributed by atoms with Crippen molar-refractivity contribution in [2.75, 3.05) is 13.1 Å². The summed E-state index contributed by atoms with van der Waals surface area (Å²) >= 11 is 0. The minimum absolute atomic E-state index is 0.404. The van der Waals surface area contributed by atoms with E-state index in [1.165, 1.54) is 24.8 Å². The summed E-state index contributed by atoms with van der Waals surface area (Å²) in [5.41, 5.74) is 2.47. The largest absolute Gasteiger partial charge is 0.411 e. The number of likely N-dealkylation sites (tertiary alicyclic amines) is 1. The van der Waals surface area contributed by atoms with E-state index in [0.717, 1.165) is 31.6 Å². The van der Waals surface area contributed by atoms with Gasteiger partial charge in [0.15, 0.2) is 0 Å². The minimum Gasteiger partial charge on any atom is -0.411 e. The Balaban J connectivity index is 1.61. The van der Waals surface area contributed by atoms with Gasteiger partial charge in [-0.3, -0.25) is 4.90 Å². The fourth-order valence-electron chi connectivity index (χ4n) is 3.59. The molecule has 3 rings (SSSR count). The third kappa shape index (κ3) is 2.66. The number of rotatable bonds is 2. The second kappa shape index (κ2) is 5.74. The van der Waals surface area contributed by atoms with E-state index in [1.54, 1.807) is 0 Å². The van der Waals surface area contributed by atoms with Gasteiger partial charge < -0.3 is 5.21 Å². The summed E-state index contributed by atoms with van der Waals surface area (Å²) in [5.74, 6) is 0.702. The number of oxime groups is 1. The van der Waals surface area contributed by atoms with E-state index in [2.05, 4.69) is 40.4 Å². The molecule has 0 radical (unpaired) electrons. The highest BCUT2D eigenvalue weighted by atomic mass is 16.4. The van der Waals surface area contributed by atoms with E-state index in [9.17, 15) is 0 Å². The molecule has 0 spiro atoms. The molecule has 0 bridgehead atoms. The summed E-state index contributed by atoms with van der Waals surface area (Å²) in [4.78, 5) is 2.52. The molecule has 3 heteroatoms. The molecular weight excluding hydrogens is 236 g/mol. The van der Waals surface area contributed by atoms with Crippen molar-refractivity contribution >= 4 is 5.71 Å². The van der Waals surface area contributed by atoms with Crippen molar-refractivity contribution in [3.8, 4) is 0 Å². The molecule has 1 N–H and O–H groups in total. The van der Waals surface area contributed by atoms with E-state index < -0.39 is 0 Å². The van der Waals surface area contributed by atoms with Crippen LogP contribution in [0.15, 0.2) is 35.5 Å². The quantitative estimate of drug-likeness (QED) is 0.653. The monoisotopic (exact) mass is 258 g/mol. The summed E-state index contributed by atoms with van der Waals surface area (Å²) in [6, 6.07) is 11.3. The lowest BCUT2D eigenvalue weighted by molar-refractivity contribution is 0.183. The zero-order valence-corrected chi connectivity index (χ0v) is 11.3. The number of hydrogen-bond donors (Lipinski definition) is 1. The van der Waals surface area contributed by atoms with Crippen molar-refractivity contribution in [2.45, 2.75) is 44.1 Å². The van der Waals surface area contributed by atoms with Gasteiger partial charge in [-0.2, -0.15) is 0 Å². The van der Waals surface area contributed by atoms with E-state index in [-0.39, 0.29) is 0 Å². The van der Waals surface area contributed by atoms with Gasteiger partial charge in [-0.05, 0) is 56.7 Å². The molecule has 0 aromatic heterocycles. The average Bonchev–Trinajstić information content (AvgIpc) is 2.97. The second-order valence-electron chi connectivity index (χ2n) is 5.72. The van der Waals surface area contributed by atoms with E-state index in [4.69, 9.17) is 5.21 Å². The highest BCUT2D eigenvalue weighted by molar-refractivity contribution is 5.90. The standard InChI is InChI=1S/C16H22N2O/c19-17-15-7-4-8-16(15)18-11-9-14(10-12-18)13-5-2-1-3-6-13/h1-3,5-6,14,16,19H,4,7-12H2. The Morgan fingerprint density at radius 3 is 2.47 bits per heavy atom. The van der Waals surface area contributed by atoms with Crippen LogP contribution in [0.1, 0.15) is 43.6 Å². The van der Waals surface area contributed by atoms with E-state index in [1.807, 2.05) is 0 Å². The van der Waals surface area contributed by atoms with Gasteiger partial charge >= 0.3 is 0 Å². The molecule has 1 saturated carbocycles. The van der Waals surface area contributed by atoms with Crippen molar-refractivity contribution < 1.29 is 5.21 Å². The van der Waals surface area contributed by atoms with Crippen LogP contribution >= 0.6 is 0 Å². The van der Waals surface area contributed by atoms with Crippen molar-refractivity contribution in [3.05, 3.63) is 35.9 Å². The normalized spacial score (nSPS) is 28.0. The van der Waals surface area contributed by atoms with Crippen LogP contribution in [0, 0.1) is 0 Å². The molecule has 0 amide bonds. The summed E-state index contributed by atoms with van der Waals surface area (Å²) in [5, 5.41) is 12.6. The van der Waals surface area contributed by atoms with Crippen LogP contribution < -0.4 is 0 Å². The average molecular weight is 258 g/mol. The first-order chi connectivity index (χ1) is 9.38. The van der Waals surface area contributed by atoms with Crippen molar-refractivity contribution in [3.63, 3.8) is 0 Å². The van der Waals surface area contributed by atoms with E-state index >= 15 is 0 Å². The molecule has 1 saturated heterocycles. The molecule has 1 aromatic rings. The summed E-state index contributed by atoms with van der Waals surface area (Å²) in [7, 11) is 0. The topological polar surface area (TPSA) is 35.8 Å². The third-order valence-electron chi connectivity index (χ3n) is 4.66. The van der Waals surface area contributed by atoms with Crippen molar-refractivity contribution in [1.29, 1.82) is 0 Å². The van der Waals surface area contributed by atoms with Crippen LogP contribution in [0.4, 0.5) is 0 Å². The Labute approximate surface area is 114 Å². The molecule has 1 aliphatic carbocycles. The Morgan fingerprint density at radius 2 is 1.79 bits per heavy atom. The van der Waals surface area contributed by atoms with Gasteiger partial charge in [-0.15, -0.1) is 0 Å². The molecule has 2 fully saturated rings. The first-order valence-corrected chi connectivity index (χ1v) is 7.38. The lowest BCUT2D eigenvalue weighted by Gasteiger charge is -2.36. The van der Waals surface area contributed by atoms with Gasteiger partial charge in [0.2, 0.25) is 0 Å². The second-order valence-corrected chi connectivity index (χ2v) is 5.72. The molecule has 102 valence electrons. The zero-order valence-electron chi connectivity index (χ0n) is 11.3. The van der Waals surface area contributed by atoms with Crippen LogP contribution in [0.3, 0.4) is 0 Å². The van der Waals surface area contributed by atoms with Gasteiger partial charge in [0.1, 0.15) is 0 Å². The summed E-state index contributed by atoms with van der Waals surface area (Å²) in [6.45, 7) is 2.26. The zero-order chi connectivity index (χ0) is 13.1. The Morgan fingerprint density at radius 1 is 1.05 bits per heavy atom. The minimum atomic E-state index is 0.404. The molecule has 1 heterocycles. The fraction of sp³-hybridized carbons (Fsp3) is 0.562. The van der Waals surface area contributed by atoms with Gasteiger partial charge in [0, 0.05) is 0 Å². The molecule has 1 aliphatic heterocycles. The molecule has 1 unspecified atom stereocenters. The number of benzene rings is 1. The lowest BCUT2D eigenvalue weighted by atomic mass is 9.89. The number of piperidine rings is 1. The van der Waals surface area contributed by atoms with Gasteiger partial charge in [0.25, 0.3) is 0 Å². The maximum absolute atomic E-state index is 9.06. The SMILES string of the molecule is ON=C1CCCC1N1CCC(c2ccccc2)CC1. The van der Waals surface area contributed by atoms with E-state index in [0.29, 0.717) is 12.0 Å². The predicted molar refractivity (Wildman–Crippen MR) is 76.9 cm³/mol. The Hall–Kier alpha value is -1.35. The first kappa shape index (κ1) is 12.7. The van der Waals surface area contributed by atoms with Crippen LogP contribution in [-0.4, -0.2) is 35.0 Å². The van der Waals surface area contributed by atoms with Gasteiger partial charge in [-0.25, -0.2) is 0 Å². The highest BCUT2D eigenvalue weighted by Crippen LogP contribution is 2.31. The Bertz CT molecular complexity index is 435. The number of hydrogen-bond acceptors (Lipinski definition) is 3. The van der Waals surface area contributed by atoms with Crippen molar-refractivity contribution in [2.24, 2.45) is 5.16 Å². The van der Waals surface area contributed by atoms with Crippen LogP contribution in [0.25, 0.3) is 0 Å². The molecule has 19 heavy (non-hydrogen) atoms. The molecular formula is C16H22N2O. The summed E-state index contributed by atoms with van der Waals surface area (Å²) < 4.78 is 0. The fourth-order valence-corrected chi connectivity index (χ4v) is 3.59. The Kier molecular flexibility index (Phi) is 3.83. The maximum atomic E-state index is 9.06. The lowest BCUT2D eigenvalue weighted by Crippen LogP contribution is -2.43. The van der Waals surface area contributed by atoms with Crippen LogP contribution in [0.2, 0.25) is 0 Å². The molecule has 1 atom stereocenters. The smallest absolute Gasteiger partial charge is 0.0742 e. The molecule has 1 aromatic carbocycles. The molecule has 2 aliphatic rings. The van der Waals surface area contributed by atoms with Crippen molar-refractivity contribution in [1.82, 2.24) is 4.90 Å². The third-order valence-corrected chi connectivity index (χ3v) is 4.66. The van der Waals surface area contributed by atoms with Gasteiger partial charge in [0.05, 0.1) is 11.8 Å². The molecule has 3 nitrogen and oxygen atoms in total. The predicted octanol–water partition coefficient (Wildman–Crippen LogP) is 3.25. The van der Waals surface area contributed by atoms with Gasteiger partial charge in [-0.1, -0.05) is 35.5 Å². The van der Waals surface area contributed by atoms with Crippen LogP contribution in [0.5, 0.6) is 0 Å². The maximum Gasteiger partial charge on any atom is 0.0742 e.